The number of hydrogen-bond acceptors (Lipinski definition) is 10. The number of nitrogens with zero attached hydrogens (tertiary/aromatic N) is 2. The van der Waals surface area contributed by atoms with E-state index >= 15 is 0 Å². The van der Waals surface area contributed by atoms with Crippen LogP contribution in [0.4, 0.5) is 5.69 Å². The molecular weight excluding hydrogens is 566 g/mol. The van der Waals surface area contributed by atoms with E-state index in [1.807, 2.05) is 19.1 Å². The molecule has 0 saturated heterocycles. The van der Waals surface area contributed by atoms with Gasteiger partial charge in [-0.05, 0) is 62.1 Å². The normalized spacial score (nSPS) is 22.8. The minimum absolute atomic E-state index is 0.229. The second kappa shape index (κ2) is 10.9. The van der Waals surface area contributed by atoms with Gasteiger partial charge < -0.3 is 32.6 Å². The summed E-state index contributed by atoms with van der Waals surface area (Å²) in [6, 6.07) is 10.4. The number of nitrogens with two attached hydrogens (primary N) is 3. The highest BCUT2D eigenvalue weighted by Crippen LogP contribution is 2.49. The summed E-state index contributed by atoms with van der Waals surface area (Å²) in [6.07, 6.45) is 4.95. The number of hydrogen-bond donors (Lipinski definition) is 5. The van der Waals surface area contributed by atoms with E-state index in [2.05, 4.69) is 27.2 Å². The van der Waals surface area contributed by atoms with Crippen molar-refractivity contribution in [2.75, 3.05) is 5.73 Å². The lowest BCUT2D eigenvalue weighted by atomic mass is 9.72. The van der Waals surface area contributed by atoms with E-state index in [-0.39, 0.29) is 29.6 Å². The summed E-state index contributed by atoms with van der Waals surface area (Å²) in [5.74, 6) is -0.355. The molecule has 0 aliphatic heterocycles. The summed E-state index contributed by atoms with van der Waals surface area (Å²) < 4.78 is 6.43. The van der Waals surface area contributed by atoms with E-state index in [0.717, 1.165) is 18.5 Å². The first-order chi connectivity index (χ1) is 20.6. The van der Waals surface area contributed by atoms with Crippen LogP contribution in [0.25, 0.3) is 10.1 Å². The molecule has 1 saturated carbocycles. The summed E-state index contributed by atoms with van der Waals surface area (Å²) in [7, 11) is 0. The SMILES string of the molecule is C=CC(=O)N[C@H]1CCC[C@H]1NC(=O)c1sc2c(N)ccc3c2c1C(N)C(=O)C3(N)c1ccc(Oc2cccc(C)n2)cn1. The number of Topliss-reactive ketones (excluding diaryl/α,β-unsaturated/α-hetero) is 1. The molecule has 11 nitrogen and oxygen atoms in total. The fourth-order valence-electron chi connectivity index (χ4n) is 5.96. The van der Waals surface area contributed by atoms with Crippen molar-refractivity contribution in [2.45, 2.75) is 49.9 Å². The fraction of sp³-hybridized carbons (Fsp3) is 0.258. The molecule has 8 N–H and O–H groups in total. The van der Waals surface area contributed by atoms with Gasteiger partial charge in [-0.1, -0.05) is 18.7 Å². The van der Waals surface area contributed by atoms with Crippen LogP contribution in [-0.2, 0) is 15.1 Å². The molecule has 3 heterocycles. The van der Waals surface area contributed by atoms with Gasteiger partial charge in [0.15, 0.2) is 5.78 Å². The predicted molar refractivity (Wildman–Crippen MR) is 164 cm³/mol. The molecule has 4 aromatic rings. The van der Waals surface area contributed by atoms with Gasteiger partial charge in [0.05, 0.1) is 27.5 Å². The Morgan fingerprint density at radius 1 is 1.14 bits per heavy atom. The first-order valence-corrected chi connectivity index (χ1v) is 14.7. The molecule has 3 aromatic heterocycles. The maximum absolute atomic E-state index is 14.0. The van der Waals surface area contributed by atoms with Crippen LogP contribution < -0.4 is 32.6 Å². The Labute approximate surface area is 251 Å². The Morgan fingerprint density at radius 3 is 2.60 bits per heavy atom. The van der Waals surface area contributed by atoms with E-state index in [0.29, 0.717) is 49.8 Å². The second-order valence-corrected chi connectivity index (χ2v) is 11.9. The zero-order chi connectivity index (χ0) is 30.5. The van der Waals surface area contributed by atoms with Gasteiger partial charge in [-0.25, -0.2) is 4.98 Å². The van der Waals surface area contributed by atoms with Crippen molar-refractivity contribution in [3.63, 3.8) is 0 Å². The molecule has 1 fully saturated rings. The molecule has 4 atom stereocenters. The molecule has 2 amide bonds. The molecule has 12 heteroatoms. The van der Waals surface area contributed by atoms with E-state index in [1.165, 1.54) is 23.6 Å². The van der Waals surface area contributed by atoms with Crippen molar-refractivity contribution >= 4 is 44.7 Å². The zero-order valence-corrected chi connectivity index (χ0v) is 24.2. The Morgan fingerprint density at radius 2 is 1.91 bits per heavy atom. The number of ketones is 1. The number of carbonyl (C=O) groups excluding carboxylic acids is 3. The van der Waals surface area contributed by atoms with E-state index < -0.39 is 17.4 Å². The number of rotatable bonds is 7. The molecule has 220 valence electrons. The second-order valence-electron chi connectivity index (χ2n) is 10.8. The number of anilines is 1. The molecule has 0 radical (unpaired) electrons. The van der Waals surface area contributed by atoms with Crippen LogP contribution in [-0.4, -0.2) is 39.6 Å². The van der Waals surface area contributed by atoms with Gasteiger partial charge in [-0.15, -0.1) is 11.3 Å². The molecule has 2 unspecified atom stereocenters. The standard InChI is InChI=1S/C31H31N7O4S/c1-3-22(39)37-19-7-5-8-20(19)38-30(41)28-25-24-17(11-12-18(32)27(24)43-28)31(34,29(40)26(25)33)21-13-10-16(14-35-21)42-23-9-4-6-15(2)36-23/h3-4,6,9-14,19-20,26H,1,5,7-8,32-34H2,2H3,(H,37,39)(H,38,41)/t19-,20+,26?,31?/m0/s1. The lowest BCUT2D eigenvalue weighted by Gasteiger charge is -2.35. The maximum atomic E-state index is 14.0. The maximum Gasteiger partial charge on any atom is 0.262 e. The summed E-state index contributed by atoms with van der Waals surface area (Å²) in [5.41, 5.74) is 20.6. The predicted octanol–water partition coefficient (Wildman–Crippen LogP) is 3.11. The Hall–Kier alpha value is -4.65. The number of aryl methyl sites for hydroxylation is 1. The first-order valence-electron chi connectivity index (χ1n) is 13.9. The van der Waals surface area contributed by atoms with Crippen molar-refractivity contribution in [3.05, 3.63) is 88.7 Å². The lowest BCUT2D eigenvalue weighted by Crippen LogP contribution is -2.53. The smallest absolute Gasteiger partial charge is 0.262 e. The molecule has 0 spiro atoms. The van der Waals surface area contributed by atoms with Crippen molar-refractivity contribution < 1.29 is 19.1 Å². The van der Waals surface area contributed by atoms with E-state index in [1.54, 1.807) is 30.3 Å². The number of ether oxygens (including phenoxy) is 1. The Balaban J connectivity index is 1.36. The number of amides is 2. The van der Waals surface area contributed by atoms with E-state index in [9.17, 15) is 14.4 Å². The van der Waals surface area contributed by atoms with Crippen LogP contribution in [0, 0.1) is 6.92 Å². The molecule has 43 heavy (non-hydrogen) atoms. The van der Waals surface area contributed by atoms with Gasteiger partial charge in [-0.2, -0.15) is 0 Å². The van der Waals surface area contributed by atoms with Gasteiger partial charge in [0.25, 0.3) is 5.91 Å². The van der Waals surface area contributed by atoms with Crippen molar-refractivity contribution in [1.29, 1.82) is 0 Å². The highest BCUT2D eigenvalue weighted by atomic mass is 32.1. The third-order valence-corrected chi connectivity index (χ3v) is 9.34. The third-order valence-electron chi connectivity index (χ3n) is 8.09. The molecule has 2 aliphatic carbocycles. The van der Waals surface area contributed by atoms with Crippen LogP contribution in [0.5, 0.6) is 11.6 Å². The van der Waals surface area contributed by atoms with Crippen molar-refractivity contribution in [3.8, 4) is 11.6 Å². The zero-order valence-electron chi connectivity index (χ0n) is 23.4. The minimum Gasteiger partial charge on any atom is -0.437 e. The average Bonchev–Trinajstić information content (AvgIpc) is 3.61. The van der Waals surface area contributed by atoms with Crippen LogP contribution in [0.3, 0.4) is 0 Å². The molecule has 0 bridgehead atoms. The van der Waals surface area contributed by atoms with Crippen molar-refractivity contribution in [1.82, 2.24) is 20.6 Å². The summed E-state index contributed by atoms with van der Waals surface area (Å²) in [6.45, 7) is 5.36. The number of aromatic nitrogens is 2. The monoisotopic (exact) mass is 597 g/mol. The van der Waals surface area contributed by atoms with Crippen LogP contribution in [0.1, 0.15) is 57.5 Å². The Kier molecular flexibility index (Phi) is 7.20. The molecule has 6 rings (SSSR count). The number of pyridine rings is 2. The highest BCUT2D eigenvalue weighted by molar-refractivity contribution is 7.21. The molecule has 2 aliphatic rings. The van der Waals surface area contributed by atoms with Gasteiger partial charge in [0.2, 0.25) is 11.8 Å². The van der Waals surface area contributed by atoms with E-state index in [4.69, 9.17) is 21.9 Å². The van der Waals surface area contributed by atoms with Crippen molar-refractivity contribution in [2.24, 2.45) is 11.5 Å². The number of benzene rings is 1. The number of nitrogens with one attached hydrogen (secondary N) is 2. The molecular formula is C31H31N7O4S. The van der Waals surface area contributed by atoms with Crippen LogP contribution in [0.2, 0.25) is 0 Å². The quantitative estimate of drug-likeness (QED) is 0.157. The van der Waals surface area contributed by atoms with Gasteiger partial charge in [-0.3, -0.25) is 19.4 Å². The number of carbonyl (C=O) groups is 3. The minimum atomic E-state index is -1.70. The fourth-order valence-corrected chi connectivity index (χ4v) is 7.17. The Bertz CT molecular complexity index is 1790. The lowest BCUT2D eigenvalue weighted by molar-refractivity contribution is -0.124. The summed E-state index contributed by atoms with van der Waals surface area (Å²) in [5, 5.41) is 6.51. The third kappa shape index (κ3) is 4.83. The van der Waals surface area contributed by atoms with Gasteiger partial charge >= 0.3 is 0 Å². The summed E-state index contributed by atoms with van der Waals surface area (Å²) >= 11 is 1.17. The number of thiophene rings is 1. The molecule has 1 aromatic carbocycles. The van der Waals surface area contributed by atoms with Crippen LogP contribution >= 0.6 is 11.3 Å². The first kappa shape index (κ1) is 28.5. The average molecular weight is 598 g/mol. The summed E-state index contributed by atoms with van der Waals surface area (Å²) in [4.78, 5) is 48.7. The highest BCUT2D eigenvalue weighted by Gasteiger charge is 2.50. The number of nitrogen functional groups attached to an aromatic ring is 1. The largest absolute Gasteiger partial charge is 0.437 e. The van der Waals surface area contributed by atoms with Crippen LogP contribution in [0.15, 0.2) is 61.3 Å². The van der Waals surface area contributed by atoms with Gasteiger partial charge in [0.1, 0.15) is 11.3 Å². The van der Waals surface area contributed by atoms with Gasteiger partial charge in [0, 0.05) is 40.5 Å². The topological polar surface area (TPSA) is 188 Å².